The fourth-order valence-corrected chi connectivity index (χ4v) is 0.622. The van der Waals surface area contributed by atoms with Crippen molar-refractivity contribution in [3.05, 3.63) is 11.8 Å². The summed E-state index contributed by atoms with van der Waals surface area (Å²) in [6, 6.07) is 0. The number of hydrogen-bond donors (Lipinski definition) is 1. The molecule has 0 bridgehead atoms. The van der Waals surface area contributed by atoms with Crippen molar-refractivity contribution in [2.45, 2.75) is 34.6 Å². The van der Waals surface area contributed by atoms with Crippen molar-refractivity contribution >= 4 is 0 Å². The average Bonchev–Trinajstić information content (AvgIpc) is 1.86. The molecular formula is C10H21N. The maximum atomic E-state index is 3.30. The lowest BCUT2D eigenvalue weighted by Gasteiger charge is -2.08. The van der Waals surface area contributed by atoms with Crippen LogP contribution in [-0.4, -0.2) is 6.54 Å². The zero-order valence-corrected chi connectivity index (χ0v) is 8.44. The summed E-state index contributed by atoms with van der Waals surface area (Å²) < 4.78 is 0. The molecule has 0 heterocycles. The van der Waals surface area contributed by atoms with Crippen LogP contribution in [0.5, 0.6) is 0 Å². The molecule has 0 fully saturated rings. The second kappa shape index (κ2) is 5.22. The van der Waals surface area contributed by atoms with E-state index in [1.54, 1.807) is 0 Å². The van der Waals surface area contributed by atoms with Gasteiger partial charge in [0.2, 0.25) is 0 Å². The van der Waals surface area contributed by atoms with Crippen molar-refractivity contribution in [3.8, 4) is 0 Å². The molecule has 66 valence electrons. The molecular weight excluding hydrogens is 134 g/mol. The van der Waals surface area contributed by atoms with E-state index in [4.69, 9.17) is 0 Å². The highest BCUT2D eigenvalue weighted by molar-refractivity contribution is 4.99. The first-order valence-electron chi connectivity index (χ1n) is 4.44. The molecule has 0 aromatic heterocycles. The maximum absolute atomic E-state index is 3.30. The summed E-state index contributed by atoms with van der Waals surface area (Å²) in [5.74, 6) is 1.39. The lowest BCUT2D eigenvalue weighted by molar-refractivity contribution is 0.605. The predicted octanol–water partition coefficient (Wildman–Crippen LogP) is 2.79. The first kappa shape index (κ1) is 10.5. The summed E-state index contributed by atoms with van der Waals surface area (Å²) in [4.78, 5) is 0. The minimum Gasteiger partial charge on any atom is -0.391 e. The normalized spacial score (nSPS) is 12.8. The van der Waals surface area contributed by atoms with Crippen molar-refractivity contribution in [2.24, 2.45) is 11.8 Å². The first-order valence-corrected chi connectivity index (χ1v) is 4.44. The molecule has 1 nitrogen and oxygen atoms in total. The second-order valence-corrected chi connectivity index (χ2v) is 3.85. The molecule has 0 saturated heterocycles. The Morgan fingerprint density at radius 1 is 1.27 bits per heavy atom. The van der Waals surface area contributed by atoms with Crippen LogP contribution in [0.1, 0.15) is 34.6 Å². The van der Waals surface area contributed by atoms with E-state index in [0.29, 0.717) is 5.92 Å². The standard InChI is InChI=1S/C10H21N/c1-8(2)6-11-7-10(5)9(3)4/h7-9,11H,6H2,1-5H3/b10-7+. The third-order valence-corrected chi connectivity index (χ3v) is 1.77. The number of hydrogen-bond acceptors (Lipinski definition) is 1. The Balaban J connectivity index is 3.57. The van der Waals surface area contributed by atoms with Crippen LogP contribution < -0.4 is 5.32 Å². The Bertz CT molecular complexity index is 123. The third-order valence-electron chi connectivity index (χ3n) is 1.77. The molecule has 11 heavy (non-hydrogen) atoms. The van der Waals surface area contributed by atoms with Crippen LogP contribution in [0.15, 0.2) is 11.8 Å². The first-order chi connectivity index (χ1) is 5.04. The van der Waals surface area contributed by atoms with Crippen molar-refractivity contribution in [1.29, 1.82) is 0 Å². The SMILES string of the molecule is C/C(=C\NCC(C)C)C(C)C. The highest BCUT2D eigenvalue weighted by atomic mass is 14.8. The molecule has 0 rings (SSSR count). The summed E-state index contributed by atoms with van der Waals surface area (Å²) >= 11 is 0. The van der Waals surface area contributed by atoms with Gasteiger partial charge >= 0.3 is 0 Å². The van der Waals surface area contributed by atoms with Gasteiger partial charge < -0.3 is 5.32 Å². The van der Waals surface area contributed by atoms with E-state index in [2.05, 4.69) is 46.1 Å². The summed E-state index contributed by atoms with van der Waals surface area (Å²) in [6.45, 7) is 12.1. The van der Waals surface area contributed by atoms with Crippen LogP contribution >= 0.6 is 0 Å². The van der Waals surface area contributed by atoms with Crippen LogP contribution in [0.3, 0.4) is 0 Å². The van der Waals surface area contributed by atoms with Gasteiger partial charge in [0.25, 0.3) is 0 Å². The molecule has 0 unspecified atom stereocenters. The van der Waals surface area contributed by atoms with Gasteiger partial charge in [-0.25, -0.2) is 0 Å². The molecule has 0 aliphatic rings. The summed E-state index contributed by atoms with van der Waals surface area (Å²) in [7, 11) is 0. The monoisotopic (exact) mass is 155 g/mol. The van der Waals surface area contributed by atoms with Crippen molar-refractivity contribution < 1.29 is 0 Å². The molecule has 0 spiro atoms. The molecule has 0 atom stereocenters. The molecule has 0 radical (unpaired) electrons. The minimum absolute atomic E-state index is 0.662. The molecule has 1 N–H and O–H groups in total. The zero-order valence-electron chi connectivity index (χ0n) is 8.44. The van der Waals surface area contributed by atoms with E-state index in [-0.39, 0.29) is 0 Å². The Morgan fingerprint density at radius 2 is 1.82 bits per heavy atom. The smallest absolute Gasteiger partial charge is 0.0164 e. The van der Waals surface area contributed by atoms with Gasteiger partial charge in [-0.2, -0.15) is 0 Å². The second-order valence-electron chi connectivity index (χ2n) is 3.85. The van der Waals surface area contributed by atoms with Gasteiger partial charge in [-0.05, 0) is 25.0 Å². The highest BCUT2D eigenvalue weighted by Crippen LogP contribution is 2.05. The van der Waals surface area contributed by atoms with Gasteiger partial charge in [-0.3, -0.25) is 0 Å². The van der Waals surface area contributed by atoms with Gasteiger partial charge in [0, 0.05) is 6.54 Å². The Labute approximate surface area is 70.9 Å². The van der Waals surface area contributed by atoms with E-state index in [0.717, 1.165) is 12.5 Å². The van der Waals surface area contributed by atoms with E-state index in [9.17, 15) is 0 Å². The van der Waals surface area contributed by atoms with Gasteiger partial charge in [0.15, 0.2) is 0 Å². The van der Waals surface area contributed by atoms with Crippen LogP contribution in [0.2, 0.25) is 0 Å². The average molecular weight is 155 g/mol. The largest absolute Gasteiger partial charge is 0.391 e. The van der Waals surface area contributed by atoms with Gasteiger partial charge in [-0.1, -0.05) is 33.3 Å². The van der Waals surface area contributed by atoms with Gasteiger partial charge in [0.1, 0.15) is 0 Å². The van der Waals surface area contributed by atoms with E-state index >= 15 is 0 Å². The van der Waals surface area contributed by atoms with E-state index < -0.39 is 0 Å². The van der Waals surface area contributed by atoms with Crippen LogP contribution in [0.25, 0.3) is 0 Å². The van der Waals surface area contributed by atoms with Gasteiger partial charge in [0.05, 0.1) is 0 Å². The summed E-state index contributed by atoms with van der Waals surface area (Å²) in [6.07, 6.45) is 2.13. The zero-order chi connectivity index (χ0) is 8.85. The number of rotatable bonds is 4. The Morgan fingerprint density at radius 3 is 2.18 bits per heavy atom. The fraction of sp³-hybridized carbons (Fsp3) is 0.800. The Kier molecular flexibility index (Phi) is 5.01. The number of allylic oxidation sites excluding steroid dienone is 1. The quantitative estimate of drug-likeness (QED) is 0.658. The lowest BCUT2D eigenvalue weighted by Crippen LogP contribution is -2.14. The predicted molar refractivity (Wildman–Crippen MR) is 51.4 cm³/mol. The molecule has 0 aromatic rings. The molecule has 0 amide bonds. The third kappa shape index (κ3) is 5.96. The van der Waals surface area contributed by atoms with E-state index in [1.165, 1.54) is 5.57 Å². The topological polar surface area (TPSA) is 12.0 Å². The van der Waals surface area contributed by atoms with E-state index in [1.807, 2.05) is 0 Å². The van der Waals surface area contributed by atoms with Crippen LogP contribution in [0, 0.1) is 11.8 Å². The molecule has 0 aliphatic heterocycles. The summed E-state index contributed by atoms with van der Waals surface area (Å²) in [5, 5.41) is 3.30. The minimum atomic E-state index is 0.662. The lowest BCUT2D eigenvalue weighted by atomic mass is 10.1. The molecule has 1 heteroatoms. The summed E-state index contributed by atoms with van der Waals surface area (Å²) in [5.41, 5.74) is 1.42. The van der Waals surface area contributed by atoms with Crippen LogP contribution in [0.4, 0.5) is 0 Å². The van der Waals surface area contributed by atoms with Crippen molar-refractivity contribution in [2.75, 3.05) is 6.54 Å². The van der Waals surface area contributed by atoms with Crippen molar-refractivity contribution in [1.82, 2.24) is 5.32 Å². The van der Waals surface area contributed by atoms with Gasteiger partial charge in [-0.15, -0.1) is 0 Å². The number of nitrogens with one attached hydrogen (secondary N) is 1. The van der Waals surface area contributed by atoms with Crippen LogP contribution in [-0.2, 0) is 0 Å². The molecule has 0 aromatic carbocycles. The molecule has 0 saturated carbocycles. The molecule has 0 aliphatic carbocycles. The van der Waals surface area contributed by atoms with Crippen molar-refractivity contribution in [3.63, 3.8) is 0 Å². The maximum Gasteiger partial charge on any atom is 0.0164 e. The Hall–Kier alpha value is -0.460. The highest BCUT2D eigenvalue weighted by Gasteiger charge is 1.95. The fourth-order valence-electron chi connectivity index (χ4n) is 0.622.